The molecule has 7 heavy (non-hydrogen) atoms. The van der Waals surface area contributed by atoms with E-state index < -0.39 is 0 Å². The molecule has 0 aliphatic heterocycles. The van der Waals surface area contributed by atoms with Gasteiger partial charge in [0.15, 0.2) is 0 Å². The molecule has 0 aromatic rings. The van der Waals surface area contributed by atoms with Crippen molar-refractivity contribution in [3.05, 3.63) is 0 Å². The predicted octanol–water partition coefficient (Wildman–Crippen LogP) is -11.5. The van der Waals surface area contributed by atoms with Crippen LogP contribution in [0.2, 0.25) is 0 Å². The fraction of sp³-hybridized carbons (Fsp3) is 0. The zero-order valence-electron chi connectivity index (χ0n) is 2.99. The first-order chi connectivity index (χ1) is 0. The molecule has 6 N–H and O–H groups in total. The Morgan fingerprint density at radius 2 is 0.429 bits per heavy atom. The Bertz CT molecular complexity index is 10.1. The van der Waals surface area contributed by atoms with Gasteiger partial charge in [-0.1, -0.05) is 0 Å². The molecule has 0 aromatic carbocycles. The van der Waals surface area contributed by atoms with Crippen molar-refractivity contribution < 1.29 is 73.4 Å². The Morgan fingerprint density at radius 3 is 0.429 bits per heavy atom. The maximum Gasteiger partial charge on any atom is 0 e. The predicted molar refractivity (Wildman–Crippen MR) is 10.8 cm³/mol. The Labute approximate surface area is 73.4 Å². The van der Waals surface area contributed by atoms with Gasteiger partial charge in [-0.3, -0.25) is 0 Å². The van der Waals surface area contributed by atoms with E-state index in [1.165, 1.54) is 0 Å². The SMILES string of the molecule is O.O.O.[Cl-].[Cl-].[Cl-].[Os]. The summed E-state index contributed by atoms with van der Waals surface area (Å²) in [4.78, 5) is 0. The largest absolute Gasteiger partial charge is 1.00 e. The van der Waals surface area contributed by atoms with Crippen LogP contribution in [0.4, 0.5) is 0 Å². The van der Waals surface area contributed by atoms with Crippen LogP contribution in [0, 0.1) is 0 Å². The quantitative estimate of drug-likeness (QED) is 0.415. The minimum Gasteiger partial charge on any atom is -1.00 e. The molecule has 7 heteroatoms. The van der Waals surface area contributed by atoms with Crippen LogP contribution in [-0.2, 0) is 19.8 Å². The molecule has 0 aliphatic carbocycles. The van der Waals surface area contributed by atoms with E-state index in [1.54, 1.807) is 0 Å². The van der Waals surface area contributed by atoms with Crippen LogP contribution in [-0.4, -0.2) is 16.4 Å². The summed E-state index contributed by atoms with van der Waals surface area (Å²) < 4.78 is 0. The molecular weight excluding hydrogens is 345 g/mol. The molecule has 0 rings (SSSR count). The second-order valence-corrected chi connectivity index (χ2v) is 0. The van der Waals surface area contributed by atoms with E-state index in [1.807, 2.05) is 0 Å². The van der Waals surface area contributed by atoms with Gasteiger partial charge in [0.1, 0.15) is 0 Å². The molecule has 0 spiro atoms. The van der Waals surface area contributed by atoms with E-state index in [0.29, 0.717) is 0 Å². The molecule has 56 valence electrons. The van der Waals surface area contributed by atoms with Gasteiger partial charge >= 0.3 is 0 Å². The van der Waals surface area contributed by atoms with Crippen LogP contribution < -0.4 is 37.2 Å². The van der Waals surface area contributed by atoms with E-state index in [2.05, 4.69) is 0 Å². The molecule has 0 heterocycles. The number of hydrogen-bond acceptors (Lipinski definition) is 0. The van der Waals surface area contributed by atoms with Gasteiger partial charge in [0.25, 0.3) is 0 Å². The Balaban J connectivity index is 0. The van der Waals surface area contributed by atoms with Gasteiger partial charge in [-0.05, 0) is 0 Å². The van der Waals surface area contributed by atoms with Crippen molar-refractivity contribution in [1.82, 2.24) is 0 Å². The molecule has 0 atom stereocenters. The van der Waals surface area contributed by atoms with Gasteiger partial charge in [-0.15, -0.1) is 0 Å². The van der Waals surface area contributed by atoms with Crippen LogP contribution in [0.15, 0.2) is 0 Å². The molecule has 0 aliphatic rings. The maximum atomic E-state index is 0. The van der Waals surface area contributed by atoms with E-state index in [-0.39, 0.29) is 73.4 Å². The van der Waals surface area contributed by atoms with Crippen LogP contribution in [0.1, 0.15) is 0 Å². The van der Waals surface area contributed by atoms with E-state index in [9.17, 15) is 0 Å². The number of halogens is 3. The topological polar surface area (TPSA) is 94.5 Å². The zero-order valence-corrected chi connectivity index (χ0v) is 7.80. The van der Waals surface area contributed by atoms with Crippen LogP contribution in [0.25, 0.3) is 0 Å². The molecule has 0 saturated carbocycles. The zero-order chi connectivity index (χ0) is 0. The molecule has 0 amide bonds. The van der Waals surface area contributed by atoms with Crippen LogP contribution >= 0.6 is 0 Å². The Morgan fingerprint density at radius 1 is 0.429 bits per heavy atom. The minimum atomic E-state index is 0. The molecule has 0 bridgehead atoms. The monoisotopic (exact) mass is 351 g/mol. The third-order valence-corrected chi connectivity index (χ3v) is 0. The number of rotatable bonds is 0. The van der Waals surface area contributed by atoms with Gasteiger partial charge in [-0.2, -0.15) is 0 Å². The second kappa shape index (κ2) is 157. The number of hydrogen-bond donors (Lipinski definition) is 0. The fourth-order valence-corrected chi connectivity index (χ4v) is 0. The summed E-state index contributed by atoms with van der Waals surface area (Å²) in [6.45, 7) is 0. The van der Waals surface area contributed by atoms with Gasteiger partial charge < -0.3 is 53.6 Å². The smallest absolute Gasteiger partial charge is 0 e. The second-order valence-electron chi connectivity index (χ2n) is 0. The van der Waals surface area contributed by atoms with Crippen molar-refractivity contribution in [1.29, 1.82) is 0 Å². The van der Waals surface area contributed by atoms with Crippen molar-refractivity contribution in [2.24, 2.45) is 0 Å². The van der Waals surface area contributed by atoms with E-state index in [4.69, 9.17) is 0 Å². The molecular formula is H6Cl3O3Os-3. The third kappa shape index (κ3) is 111. The first-order valence-corrected chi connectivity index (χ1v) is 0. The Hall–Kier alpha value is 1.39. The average molecular weight is 351 g/mol. The first kappa shape index (κ1) is 238. The Kier molecular flexibility index (Phi) is 5330. The molecule has 0 saturated heterocycles. The summed E-state index contributed by atoms with van der Waals surface area (Å²) in [5.41, 5.74) is 0. The summed E-state index contributed by atoms with van der Waals surface area (Å²) >= 11 is 0. The van der Waals surface area contributed by atoms with Crippen LogP contribution in [0.5, 0.6) is 0 Å². The maximum absolute atomic E-state index is 0. The summed E-state index contributed by atoms with van der Waals surface area (Å²) in [6.07, 6.45) is 0. The van der Waals surface area contributed by atoms with Crippen LogP contribution in [0.3, 0.4) is 0 Å². The fourth-order valence-electron chi connectivity index (χ4n) is 0. The summed E-state index contributed by atoms with van der Waals surface area (Å²) in [6, 6.07) is 0. The van der Waals surface area contributed by atoms with Crippen molar-refractivity contribution in [2.75, 3.05) is 0 Å². The summed E-state index contributed by atoms with van der Waals surface area (Å²) in [5.74, 6) is 0. The molecule has 3 nitrogen and oxygen atoms in total. The minimum absolute atomic E-state index is 0. The normalized spacial score (nSPS) is 0. The van der Waals surface area contributed by atoms with Crippen molar-refractivity contribution in [3.8, 4) is 0 Å². The molecule has 0 unspecified atom stereocenters. The van der Waals surface area contributed by atoms with Gasteiger partial charge in [0.2, 0.25) is 0 Å². The van der Waals surface area contributed by atoms with Gasteiger partial charge in [0.05, 0.1) is 0 Å². The van der Waals surface area contributed by atoms with Gasteiger partial charge in [-0.25, -0.2) is 0 Å². The molecule has 0 aromatic heterocycles. The van der Waals surface area contributed by atoms with Gasteiger partial charge in [0, 0.05) is 19.8 Å². The summed E-state index contributed by atoms with van der Waals surface area (Å²) in [5, 5.41) is 0. The summed E-state index contributed by atoms with van der Waals surface area (Å²) in [7, 11) is 0. The van der Waals surface area contributed by atoms with E-state index in [0.717, 1.165) is 0 Å². The average Bonchev–Trinajstić information content (AvgIpc) is 0. The van der Waals surface area contributed by atoms with Crippen molar-refractivity contribution in [2.45, 2.75) is 0 Å². The molecule has 0 radical (unpaired) electrons. The first-order valence-electron chi connectivity index (χ1n) is 0. The third-order valence-electron chi connectivity index (χ3n) is 0. The van der Waals surface area contributed by atoms with Crippen molar-refractivity contribution in [3.63, 3.8) is 0 Å². The van der Waals surface area contributed by atoms with Crippen molar-refractivity contribution >= 4 is 0 Å². The molecule has 0 fully saturated rings. The standard InChI is InChI=1S/3ClH.3H2O.Os/h3*1H;3*1H2;/p-3. The van der Waals surface area contributed by atoms with E-state index >= 15 is 0 Å².